The van der Waals surface area contributed by atoms with E-state index in [4.69, 9.17) is 9.84 Å². The first-order chi connectivity index (χ1) is 6.99. The maximum Gasteiger partial charge on any atom is 0.407 e. The maximum absolute atomic E-state index is 11.1. The minimum Gasteiger partial charge on any atom is -0.480 e. The highest BCUT2D eigenvalue weighted by molar-refractivity contribution is 5.80. The van der Waals surface area contributed by atoms with E-state index in [1.54, 1.807) is 13.8 Å². The number of aliphatic carboxylic acids is 1. The summed E-state index contributed by atoms with van der Waals surface area (Å²) in [7, 11) is 0. The second kappa shape index (κ2) is 7.09. The van der Waals surface area contributed by atoms with Gasteiger partial charge in [0.15, 0.2) is 0 Å². The number of hydrogen-bond donors (Lipinski definition) is 2. The van der Waals surface area contributed by atoms with Crippen LogP contribution in [-0.4, -0.2) is 29.8 Å². The lowest BCUT2D eigenvalue weighted by Gasteiger charge is -2.17. The molecule has 0 aromatic rings. The molecule has 0 fully saturated rings. The number of carboxylic acid groups (broad SMARTS) is 1. The number of alkyl carbamates (subject to hydrolysis) is 1. The lowest BCUT2D eigenvalue weighted by atomic mass is 10.1. The van der Waals surface area contributed by atoms with E-state index < -0.39 is 18.1 Å². The molecule has 5 heteroatoms. The molecule has 88 valence electrons. The Bertz CT molecular complexity index is 215. The second-order valence-electron chi connectivity index (χ2n) is 3.69. The summed E-state index contributed by atoms with van der Waals surface area (Å²) < 4.78 is 4.80. The molecule has 0 radical (unpaired) electrons. The van der Waals surface area contributed by atoms with Crippen molar-refractivity contribution in [2.75, 3.05) is 6.61 Å². The number of ether oxygens (including phenoxy) is 1. The van der Waals surface area contributed by atoms with Gasteiger partial charge in [0.25, 0.3) is 0 Å². The molecule has 0 aliphatic heterocycles. The van der Waals surface area contributed by atoms with Gasteiger partial charge in [0.1, 0.15) is 6.04 Å². The van der Waals surface area contributed by atoms with Gasteiger partial charge in [0, 0.05) is 0 Å². The number of carbonyl (C=O) groups excluding carboxylic acids is 1. The van der Waals surface area contributed by atoms with Gasteiger partial charge >= 0.3 is 12.1 Å². The minimum atomic E-state index is -1.04. The fourth-order valence-electron chi connectivity index (χ4n) is 0.991. The summed E-state index contributed by atoms with van der Waals surface area (Å²) >= 11 is 0. The van der Waals surface area contributed by atoms with Gasteiger partial charge in [0.05, 0.1) is 6.61 Å². The largest absolute Gasteiger partial charge is 0.480 e. The van der Waals surface area contributed by atoms with Crippen molar-refractivity contribution in [1.29, 1.82) is 0 Å². The van der Waals surface area contributed by atoms with Gasteiger partial charge in [-0.3, -0.25) is 0 Å². The van der Waals surface area contributed by atoms with E-state index in [0.29, 0.717) is 6.61 Å². The van der Waals surface area contributed by atoms with Crippen LogP contribution in [0.2, 0.25) is 0 Å². The Labute approximate surface area is 89.8 Å². The van der Waals surface area contributed by atoms with Crippen LogP contribution in [0.4, 0.5) is 4.79 Å². The minimum absolute atomic E-state index is 0.166. The standard InChI is InChI=1S/C10H19NO4/c1-4-5-6-15-10(14)11-8(7(2)3)9(12)13/h7-8H,4-6H2,1-3H3,(H,11,14)(H,12,13)/t8-/m0/s1. The topological polar surface area (TPSA) is 75.6 Å². The summed E-state index contributed by atoms with van der Waals surface area (Å²) in [5, 5.41) is 11.1. The summed E-state index contributed by atoms with van der Waals surface area (Å²) in [4.78, 5) is 21.9. The average molecular weight is 217 g/mol. The summed E-state index contributed by atoms with van der Waals surface area (Å²) in [6, 6.07) is -0.890. The Morgan fingerprint density at radius 1 is 1.40 bits per heavy atom. The van der Waals surface area contributed by atoms with Crippen LogP contribution in [0.15, 0.2) is 0 Å². The summed E-state index contributed by atoms with van der Waals surface area (Å²) in [6.45, 7) is 5.76. The number of unbranched alkanes of at least 4 members (excludes halogenated alkanes) is 1. The van der Waals surface area contributed by atoms with Crippen molar-refractivity contribution in [2.24, 2.45) is 5.92 Å². The van der Waals surface area contributed by atoms with Gasteiger partial charge in [0.2, 0.25) is 0 Å². The SMILES string of the molecule is CCCCOC(=O)N[C@H](C(=O)O)C(C)C. The monoisotopic (exact) mass is 217 g/mol. The highest BCUT2D eigenvalue weighted by Crippen LogP contribution is 2.02. The van der Waals surface area contributed by atoms with Crippen LogP contribution in [0.5, 0.6) is 0 Å². The molecule has 0 spiro atoms. The van der Waals surface area contributed by atoms with Crippen molar-refractivity contribution < 1.29 is 19.4 Å². The number of carbonyl (C=O) groups is 2. The Morgan fingerprint density at radius 2 is 2.00 bits per heavy atom. The number of carboxylic acids is 1. The van der Waals surface area contributed by atoms with E-state index in [2.05, 4.69) is 5.32 Å². The van der Waals surface area contributed by atoms with Crippen molar-refractivity contribution in [3.05, 3.63) is 0 Å². The molecule has 1 amide bonds. The molecule has 1 atom stereocenters. The third-order valence-electron chi connectivity index (χ3n) is 1.94. The zero-order chi connectivity index (χ0) is 11.8. The normalized spacial score (nSPS) is 12.3. The molecule has 5 nitrogen and oxygen atoms in total. The molecule has 0 aliphatic rings. The van der Waals surface area contributed by atoms with Crippen molar-refractivity contribution in [3.8, 4) is 0 Å². The Morgan fingerprint density at radius 3 is 2.40 bits per heavy atom. The molecule has 0 bridgehead atoms. The molecule has 0 aromatic carbocycles. The van der Waals surface area contributed by atoms with E-state index in [0.717, 1.165) is 12.8 Å². The average Bonchev–Trinajstić information content (AvgIpc) is 2.13. The third kappa shape index (κ3) is 5.93. The highest BCUT2D eigenvalue weighted by Gasteiger charge is 2.23. The Balaban J connectivity index is 3.95. The van der Waals surface area contributed by atoms with Gasteiger partial charge in [-0.05, 0) is 12.3 Å². The van der Waals surface area contributed by atoms with Crippen LogP contribution in [0.1, 0.15) is 33.6 Å². The number of rotatable bonds is 6. The zero-order valence-corrected chi connectivity index (χ0v) is 9.45. The predicted molar refractivity (Wildman–Crippen MR) is 55.7 cm³/mol. The number of amides is 1. The smallest absolute Gasteiger partial charge is 0.407 e. The van der Waals surface area contributed by atoms with E-state index >= 15 is 0 Å². The van der Waals surface area contributed by atoms with E-state index in [1.807, 2.05) is 6.92 Å². The van der Waals surface area contributed by atoms with Crippen LogP contribution < -0.4 is 5.32 Å². The molecule has 0 aliphatic carbocycles. The Kier molecular flexibility index (Phi) is 6.49. The summed E-state index contributed by atoms with van der Waals surface area (Å²) in [5.41, 5.74) is 0. The van der Waals surface area contributed by atoms with Gasteiger partial charge < -0.3 is 15.2 Å². The molecule has 0 unspecified atom stereocenters. The van der Waals surface area contributed by atoms with Crippen molar-refractivity contribution in [1.82, 2.24) is 5.32 Å². The van der Waals surface area contributed by atoms with Crippen LogP contribution >= 0.6 is 0 Å². The Hall–Kier alpha value is -1.26. The quantitative estimate of drug-likeness (QED) is 0.663. The highest BCUT2D eigenvalue weighted by atomic mass is 16.5. The number of hydrogen-bond acceptors (Lipinski definition) is 3. The molecule has 2 N–H and O–H groups in total. The van der Waals surface area contributed by atoms with Crippen LogP contribution in [-0.2, 0) is 9.53 Å². The predicted octanol–water partition coefficient (Wildman–Crippen LogP) is 1.62. The van der Waals surface area contributed by atoms with Crippen LogP contribution in [0.25, 0.3) is 0 Å². The molecule has 0 saturated carbocycles. The first kappa shape index (κ1) is 13.7. The fraction of sp³-hybridized carbons (Fsp3) is 0.800. The van der Waals surface area contributed by atoms with Gasteiger partial charge in [-0.25, -0.2) is 9.59 Å². The third-order valence-corrected chi connectivity index (χ3v) is 1.94. The molecular weight excluding hydrogens is 198 g/mol. The van der Waals surface area contributed by atoms with E-state index in [1.165, 1.54) is 0 Å². The molecule has 0 heterocycles. The van der Waals surface area contributed by atoms with Gasteiger partial charge in [-0.1, -0.05) is 27.2 Å². The van der Waals surface area contributed by atoms with Crippen LogP contribution in [0.3, 0.4) is 0 Å². The molecule has 15 heavy (non-hydrogen) atoms. The molecule has 0 saturated heterocycles. The van der Waals surface area contributed by atoms with E-state index in [-0.39, 0.29) is 5.92 Å². The van der Waals surface area contributed by atoms with Crippen molar-refractivity contribution in [2.45, 2.75) is 39.7 Å². The van der Waals surface area contributed by atoms with Crippen molar-refractivity contribution >= 4 is 12.1 Å². The van der Waals surface area contributed by atoms with Crippen molar-refractivity contribution in [3.63, 3.8) is 0 Å². The summed E-state index contributed by atoms with van der Waals surface area (Å²) in [6.07, 6.45) is 1.05. The molecular formula is C10H19NO4. The fourth-order valence-corrected chi connectivity index (χ4v) is 0.991. The second-order valence-corrected chi connectivity index (χ2v) is 3.69. The van der Waals surface area contributed by atoms with E-state index in [9.17, 15) is 9.59 Å². The maximum atomic E-state index is 11.1. The summed E-state index contributed by atoms with van der Waals surface area (Å²) in [5.74, 6) is -1.21. The van der Waals surface area contributed by atoms with Crippen LogP contribution in [0, 0.1) is 5.92 Å². The first-order valence-corrected chi connectivity index (χ1v) is 5.15. The molecule has 0 rings (SSSR count). The molecule has 0 aromatic heterocycles. The van der Waals surface area contributed by atoms with Gasteiger partial charge in [-0.2, -0.15) is 0 Å². The lowest BCUT2D eigenvalue weighted by molar-refractivity contribution is -0.140. The first-order valence-electron chi connectivity index (χ1n) is 5.15. The lowest BCUT2D eigenvalue weighted by Crippen LogP contribution is -2.44. The number of nitrogens with one attached hydrogen (secondary N) is 1. The zero-order valence-electron chi connectivity index (χ0n) is 9.45. The van der Waals surface area contributed by atoms with Gasteiger partial charge in [-0.15, -0.1) is 0 Å².